The minimum atomic E-state index is -0.352. The van der Waals surface area contributed by atoms with Crippen LogP contribution in [0.15, 0.2) is 195 Å². The Balaban J connectivity index is 0.000000177. The number of halogens is 2. The standard InChI is InChI=1S/C40H35FN2O2S.C40H34FN2O2S.Pt/c2*1-39(2,3)24-18-23(36(44)31(19-24)40(4,5)6)22-42-32-16-9-7-13-29(32)38-43-35-30(20-25(41)21-34(35)46-38)28-15-11-14-27-26-12-8-10-17-33(26)45-37(27)28;/h7-22,44H,1-6H3;7-14,16-22,44H,1-6H3;/q;-1;. The van der Waals surface area contributed by atoms with Crippen LogP contribution in [0.5, 0.6) is 11.5 Å². The van der Waals surface area contributed by atoms with Crippen molar-refractivity contribution in [1.82, 2.24) is 9.97 Å². The van der Waals surface area contributed by atoms with Crippen LogP contribution in [-0.4, -0.2) is 32.6 Å². The van der Waals surface area contributed by atoms with Gasteiger partial charge in [-0.2, -0.15) is 0 Å². The molecule has 0 bridgehead atoms. The molecule has 14 rings (SSSR count). The summed E-state index contributed by atoms with van der Waals surface area (Å²) in [5.41, 5.74) is 14.8. The van der Waals surface area contributed by atoms with E-state index in [1.165, 1.54) is 46.9 Å². The summed E-state index contributed by atoms with van der Waals surface area (Å²) in [6.45, 7) is 25.6. The Kier molecular flexibility index (Phi) is 16.9. The van der Waals surface area contributed by atoms with Gasteiger partial charge in [-0.05, 0) is 99.5 Å². The van der Waals surface area contributed by atoms with Crippen LogP contribution >= 0.6 is 22.7 Å². The Morgan fingerprint density at radius 1 is 0.441 bits per heavy atom. The van der Waals surface area contributed by atoms with Gasteiger partial charge >= 0.3 is 0 Å². The molecule has 0 atom stereocenters. The zero-order valence-corrected chi connectivity index (χ0v) is 57.7. The molecule has 0 spiro atoms. The molecular weight excluding hydrogens is 1380 g/mol. The molecule has 0 unspecified atom stereocenters. The normalized spacial score (nSPS) is 12.5. The fraction of sp³-hybridized carbons (Fsp3) is 0.200. The molecule has 14 aromatic rings. The molecule has 93 heavy (non-hydrogen) atoms. The van der Waals surface area contributed by atoms with Crippen LogP contribution in [0.1, 0.15) is 116 Å². The summed E-state index contributed by atoms with van der Waals surface area (Å²) in [6, 6.07) is 58.8. The van der Waals surface area contributed by atoms with E-state index in [1.807, 2.05) is 140 Å². The van der Waals surface area contributed by atoms with Crippen molar-refractivity contribution < 1.29 is 48.9 Å². The van der Waals surface area contributed by atoms with Crippen LogP contribution < -0.4 is 0 Å². The quantitative estimate of drug-likeness (QED) is 0.116. The number of aliphatic imine (C=N–C) groups is 2. The predicted octanol–water partition coefficient (Wildman–Crippen LogP) is 23.2. The van der Waals surface area contributed by atoms with E-state index in [1.54, 1.807) is 12.4 Å². The van der Waals surface area contributed by atoms with Crippen molar-refractivity contribution in [1.29, 1.82) is 0 Å². The Morgan fingerprint density at radius 3 is 1.35 bits per heavy atom. The number of phenols is 2. The molecule has 0 aliphatic heterocycles. The summed E-state index contributed by atoms with van der Waals surface area (Å²) < 4.78 is 44.3. The van der Waals surface area contributed by atoms with Crippen LogP contribution in [-0.2, 0) is 42.7 Å². The van der Waals surface area contributed by atoms with Crippen molar-refractivity contribution in [2.24, 2.45) is 9.98 Å². The number of phenolic OH excluding ortho intramolecular Hbond substituents is 2. The maximum Gasteiger partial charge on any atom is 0.143 e. The van der Waals surface area contributed by atoms with Gasteiger partial charge in [-0.15, -0.1) is 40.9 Å². The number of nitrogens with zero attached hydrogens (tertiary/aromatic N) is 4. The number of aromatic hydroxyl groups is 2. The molecule has 0 saturated carbocycles. The third-order valence-corrected chi connectivity index (χ3v) is 18.9. The van der Waals surface area contributed by atoms with Crippen LogP contribution in [0.2, 0.25) is 0 Å². The second-order valence-corrected chi connectivity index (χ2v) is 29.6. The fourth-order valence-corrected chi connectivity index (χ4v) is 13.9. The van der Waals surface area contributed by atoms with Gasteiger partial charge in [-0.1, -0.05) is 197 Å². The van der Waals surface area contributed by atoms with E-state index in [4.69, 9.17) is 28.8 Å². The zero-order chi connectivity index (χ0) is 64.8. The van der Waals surface area contributed by atoms with Crippen molar-refractivity contribution in [3.05, 3.63) is 227 Å². The first-order valence-corrected chi connectivity index (χ1v) is 32.4. The second kappa shape index (κ2) is 24.5. The summed E-state index contributed by atoms with van der Waals surface area (Å²) >= 11 is 2.84. The molecule has 4 heterocycles. The van der Waals surface area contributed by atoms with Gasteiger partial charge in [0.05, 0.1) is 27.2 Å². The van der Waals surface area contributed by atoms with Crippen molar-refractivity contribution >= 4 is 111 Å². The third-order valence-electron chi connectivity index (χ3n) is 16.8. The number of hydrogen-bond donors (Lipinski definition) is 2. The number of para-hydroxylation sites is 5. The van der Waals surface area contributed by atoms with Crippen LogP contribution in [0, 0.1) is 17.7 Å². The molecule has 13 heteroatoms. The molecule has 10 aromatic carbocycles. The molecule has 4 aromatic heterocycles. The minimum absolute atomic E-state index is 0. The molecule has 0 amide bonds. The molecule has 0 aliphatic carbocycles. The van der Waals surface area contributed by atoms with Crippen LogP contribution in [0.4, 0.5) is 20.2 Å². The van der Waals surface area contributed by atoms with E-state index in [0.717, 1.165) is 91.1 Å². The summed E-state index contributed by atoms with van der Waals surface area (Å²) in [5, 5.41) is 28.0. The summed E-state index contributed by atoms with van der Waals surface area (Å²) in [7, 11) is 0. The van der Waals surface area contributed by atoms with Gasteiger partial charge in [-0.3, -0.25) is 9.98 Å². The minimum Gasteiger partial charge on any atom is -0.507 e. The second-order valence-electron chi connectivity index (χ2n) is 27.6. The van der Waals surface area contributed by atoms with Gasteiger partial charge < -0.3 is 19.0 Å². The maximum absolute atomic E-state index is 15.2. The molecule has 0 aliphatic rings. The van der Waals surface area contributed by atoms with Gasteiger partial charge in [0.2, 0.25) is 0 Å². The van der Waals surface area contributed by atoms with E-state index >= 15 is 8.78 Å². The number of furan rings is 2. The molecule has 0 saturated heterocycles. The number of aromatic nitrogens is 2. The van der Waals surface area contributed by atoms with Gasteiger partial charge in [0.25, 0.3) is 0 Å². The molecule has 0 fully saturated rings. The summed E-state index contributed by atoms with van der Waals surface area (Å²) in [6.07, 6.45) is 3.47. The van der Waals surface area contributed by atoms with Crippen molar-refractivity contribution in [3.63, 3.8) is 0 Å². The summed E-state index contributed by atoms with van der Waals surface area (Å²) in [5.74, 6) is -0.213. The average Bonchev–Trinajstić information content (AvgIpc) is 1.64. The molecule has 470 valence electrons. The topological polar surface area (TPSA) is 117 Å². The Morgan fingerprint density at radius 2 is 0.860 bits per heavy atom. The van der Waals surface area contributed by atoms with Crippen LogP contribution in [0.3, 0.4) is 0 Å². The molecule has 8 nitrogen and oxygen atoms in total. The first kappa shape index (κ1) is 64.2. The van der Waals surface area contributed by atoms with E-state index in [2.05, 4.69) is 101 Å². The number of fused-ring (bicyclic) bond motifs is 8. The Hall–Kier alpha value is -8.93. The van der Waals surface area contributed by atoms with E-state index in [-0.39, 0.29) is 65.9 Å². The van der Waals surface area contributed by atoms with E-state index in [9.17, 15) is 10.2 Å². The number of benzene rings is 10. The number of thiazole rings is 2. The smallest absolute Gasteiger partial charge is 0.143 e. The molecule has 2 N–H and O–H groups in total. The van der Waals surface area contributed by atoms with Gasteiger partial charge in [0.1, 0.15) is 49.9 Å². The van der Waals surface area contributed by atoms with E-state index < -0.39 is 0 Å². The van der Waals surface area contributed by atoms with E-state index in [0.29, 0.717) is 61.4 Å². The first-order chi connectivity index (χ1) is 43.8. The Labute approximate surface area is 562 Å². The molecule has 0 radical (unpaired) electrons. The fourth-order valence-electron chi connectivity index (χ4n) is 11.8. The Bertz CT molecular complexity index is 4970. The zero-order valence-electron chi connectivity index (χ0n) is 53.8. The summed E-state index contributed by atoms with van der Waals surface area (Å²) in [4.78, 5) is 19.9. The largest absolute Gasteiger partial charge is 0.507 e. The maximum atomic E-state index is 15.2. The number of hydrogen-bond acceptors (Lipinski definition) is 10. The van der Waals surface area contributed by atoms with Gasteiger partial charge in [-0.25, -0.2) is 18.7 Å². The SMILES string of the molecule is CC(C)(C)c1cc(C=Nc2ccccc2-c2nc3c(-c4[c-]ccc5c4oc4ccccc45)cc(F)cc3s2)c(O)c(C(C)(C)C)c1.CC(C)(C)c1cc(C=Nc2ccccc2-c2nc3c(-c4cccc5c4oc4ccccc45)cc(F)cc3s2)c(O)c(C(C)(C)C)c1.[Pt]. The van der Waals surface area contributed by atoms with Crippen molar-refractivity contribution in [2.75, 3.05) is 0 Å². The van der Waals surface area contributed by atoms with Crippen LogP contribution in [0.25, 0.3) is 108 Å². The predicted molar refractivity (Wildman–Crippen MR) is 380 cm³/mol. The third kappa shape index (κ3) is 12.5. The first-order valence-electron chi connectivity index (χ1n) is 30.7. The molecular formula is C80H69F2N4O4PtS2-. The monoisotopic (exact) mass is 1450 g/mol. The van der Waals surface area contributed by atoms with Crippen molar-refractivity contribution in [3.8, 4) is 54.9 Å². The van der Waals surface area contributed by atoms with Gasteiger partial charge in [0.15, 0.2) is 0 Å². The average molecular weight is 1450 g/mol. The van der Waals surface area contributed by atoms with Crippen molar-refractivity contribution in [2.45, 2.75) is 105 Å². The van der Waals surface area contributed by atoms with Gasteiger partial charge in [0, 0.05) is 104 Å². The number of rotatable bonds is 8.